The number of carbonyl (C=O) groups is 1. The van der Waals surface area contributed by atoms with Crippen molar-refractivity contribution in [2.24, 2.45) is 0 Å². The van der Waals surface area contributed by atoms with E-state index >= 15 is 0 Å². The molecule has 0 spiro atoms. The van der Waals surface area contributed by atoms with Gasteiger partial charge in [-0.3, -0.25) is 0 Å². The maximum absolute atomic E-state index is 13.3. The van der Waals surface area contributed by atoms with E-state index in [1.54, 1.807) is 0 Å². The lowest BCUT2D eigenvalue weighted by Gasteiger charge is -2.19. The molecule has 0 saturated carbocycles. The summed E-state index contributed by atoms with van der Waals surface area (Å²) in [5.41, 5.74) is -1.47. The van der Waals surface area contributed by atoms with E-state index in [0.717, 1.165) is 19.2 Å². The van der Waals surface area contributed by atoms with E-state index in [1.807, 2.05) is 0 Å². The number of rotatable bonds is 4. The highest BCUT2D eigenvalue weighted by Gasteiger charge is 2.37. The van der Waals surface area contributed by atoms with Crippen LogP contribution in [0.25, 0.3) is 5.76 Å². The molecule has 1 aliphatic heterocycles. The largest absolute Gasteiger partial charge is 0.493 e. The van der Waals surface area contributed by atoms with Gasteiger partial charge in [0.25, 0.3) is 0 Å². The van der Waals surface area contributed by atoms with Gasteiger partial charge >= 0.3 is 12.1 Å². The Labute approximate surface area is 130 Å². The van der Waals surface area contributed by atoms with Crippen molar-refractivity contribution < 1.29 is 32.5 Å². The van der Waals surface area contributed by atoms with E-state index in [2.05, 4.69) is 10.1 Å². The first-order valence-electron chi connectivity index (χ1n) is 6.85. The summed E-state index contributed by atoms with van der Waals surface area (Å²) in [7, 11) is 1.12. The van der Waals surface area contributed by atoms with E-state index in [9.17, 15) is 23.1 Å². The second-order valence-electron chi connectivity index (χ2n) is 4.96. The van der Waals surface area contributed by atoms with Crippen molar-refractivity contribution in [1.29, 1.82) is 0 Å². The summed E-state index contributed by atoms with van der Waals surface area (Å²) in [5, 5.41) is 11.8. The third-order valence-corrected chi connectivity index (χ3v) is 3.20. The fourth-order valence-electron chi connectivity index (χ4n) is 2.27. The number of hydrogen-bond acceptors (Lipinski definition) is 5. The molecule has 0 aliphatic carbocycles. The third kappa shape index (κ3) is 3.76. The van der Waals surface area contributed by atoms with Gasteiger partial charge in [0, 0.05) is 12.0 Å². The highest BCUT2D eigenvalue weighted by Crippen LogP contribution is 2.39. The summed E-state index contributed by atoms with van der Waals surface area (Å²) in [4.78, 5) is 11.9. The number of aliphatic hydroxyl groups excluding tert-OH is 1. The number of alkyl halides is 3. The van der Waals surface area contributed by atoms with Crippen LogP contribution in [0.1, 0.15) is 34.8 Å². The first-order valence-corrected chi connectivity index (χ1v) is 6.85. The highest BCUT2D eigenvalue weighted by molar-refractivity contribution is 5.97. The van der Waals surface area contributed by atoms with Crippen LogP contribution in [0.2, 0.25) is 0 Å². The van der Waals surface area contributed by atoms with Crippen LogP contribution in [-0.2, 0) is 15.7 Å². The van der Waals surface area contributed by atoms with Crippen LogP contribution >= 0.6 is 0 Å². The lowest BCUT2D eigenvalue weighted by atomic mass is 9.99. The fourth-order valence-corrected chi connectivity index (χ4v) is 2.27. The van der Waals surface area contributed by atoms with Gasteiger partial charge in [-0.2, -0.15) is 13.2 Å². The van der Waals surface area contributed by atoms with Gasteiger partial charge in [0.05, 0.1) is 30.5 Å². The SMILES string of the molecule is COC(=O)c1cc(C2=CCCO2)c(C(F)(F)F)cc1NC(C)O. The standard InChI is InChI=1S/C15H16F3NO4/c1-8(20)19-12-7-11(15(16,17)18)9(13-4-3-5-23-13)6-10(12)14(21)22-2/h4,6-8,19-20H,3,5H2,1-2H3. The lowest BCUT2D eigenvalue weighted by Crippen LogP contribution is -2.19. The van der Waals surface area contributed by atoms with Gasteiger partial charge < -0.3 is 19.9 Å². The summed E-state index contributed by atoms with van der Waals surface area (Å²) >= 11 is 0. The lowest BCUT2D eigenvalue weighted by molar-refractivity contribution is -0.137. The van der Waals surface area contributed by atoms with Crippen LogP contribution in [0.15, 0.2) is 18.2 Å². The average molecular weight is 331 g/mol. The fraction of sp³-hybridized carbons (Fsp3) is 0.400. The number of ether oxygens (including phenoxy) is 2. The van der Waals surface area contributed by atoms with Crippen LogP contribution < -0.4 is 5.32 Å². The molecule has 1 heterocycles. The van der Waals surface area contributed by atoms with Gasteiger partial charge in [-0.25, -0.2) is 4.79 Å². The smallest absolute Gasteiger partial charge is 0.417 e. The molecule has 0 saturated heterocycles. The molecule has 126 valence electrons. The second-order valence-corrected chi connectivity index (χ2v) is 4.96. The summed E-state index contributed by atoms with van der Waals surface area (Å²) < 4.78 is 49.8. The summed E-state index contributed by atoms with van der Waals surface area (Å²) in [6.07, 6.45) is -3.76. The van der Waals surface area contributed by atoms with Crippen molar-refractivity contribution >= 4 is 17.4 Å². The second kappa shape index (κ2) is 6.49. The zero-order chi connectivity index (χ0) is 17.2. The predicted molar refractivity (Wildman–Crippen MR) is 76.6 cm³/mol. The minimum absolute atomic E-state index is 0.0751. The van der Waals surface area contributed by atoms with Gasteiger partial charge in [0.15, 0.2) is 0 Å². The van der Waals surface area contributed by atoms with E-state index < -0.39 is 23.9 Å². The molecule has 0 amide bonds. The Hall–Kier alpha value is -2.22. The van der Waals surface area contributed by atoms with Crippen molar-refractivity contribution in [2.75, 3.05) is 19.0 Å². The Bertz CT molecular complexity index is 638. The number of esters is 1. The minimum atomic E-state index is -4.65. The molecule has 8 heteroatoms. The van der Waals surface area contributed by atoms with Crippen molar-refractivity contribution in [3.63, 3.8) is 0 Å². The molecule has 1 aromatic rings. The summed E-state index contributed by atoms with van der Waals surface area (Å²) in [5.74, 6) is -0.743. The van der Waals surface area contributed by atoms with Crippen molar-refractivity contribution in [1.82, 2.24) is 0 Å². The van der Waals surface area contributed by atoms with Gasteiger partial charge in [0.2, 0.25) is 0 Å². The number of halogens is 3. The Morgan fingerprint density at radius 2 is 2.13 bits per heavy atom. The summed E-state index contributed by atoms with van der Waals surface area (Å²) in [6, 6.07) is 1.84. The molecule has 1 unspecified atom stereocenters. The van der Waals surface area contributed by atoms with Gasteiger partial charge in [-0.1, -0.05) is 0 Å². The summed E-state index contributed by atoms with van der Waals surface area (Å²) in [6.45, 7) is 1.61. The maximum Gasteiger partial charge on any atom is 0.417 e. The van der Waals surface area contributed by atoms with Crippen molar-refractivity contribution in [3.8, 4) is 0 Å². The molecule has 1 aliphatic rings. The Kier molecular flexibility index (Phi) is 4.84. The molecule has 0 fully saturated rings. The molecule has 0 aromatic heterocycles. The van der Waals surface area contributed by atoms with Gasteiger partial charge in [-0.05, 0) is 25.1 Å². The Balaban J connectivity index is 2.66. The van der Waals surface area contributed by atoms with Crippen molar-refractivity contribution in [2.45, 2.75) is 25.7 Å². The van der Waals surface area contributed by atoms with E-state index in [-0.39, 0.29) is 29.2 Å². The zero-order valence-electron chi connectivity index (χ0n) is 12.5. The first-order chi connectivity index (χ1) is 10.7. The van der Waals surface area contributed by atoms with Gasteiger partial charge in [0.1, 0.15) is 12.0 Å². The molecule has 2 N–H and O–H groups in total. The monoisotopic (exact) mass is 331 g/mol. The number of benzene rings is 1. The topological polar surface area (TPSA) is 67.8 Å². The number of nitrogens with one attached hydrogen (secondary N) is 1. The quantitative estimate of drug-likeness (QED) is 0.656. The number of aliphatic hydroxyl groups is 1. The van der Waals surface area contributed by atoms with Crippen LogP contribution in [0.3, 0.4) is 0 Å². The Morgan fingerprint density at radius 1 is 1.43 bits per heavy atom. The van der Waals surface area contributed by atoms with Gasteiger partial charge in [-0.15, -0.1) is 0 Å². The zero-order valence-corrected chi connectivity index (χ0v) is 12.5. The number of methoxy groups -OCH3 is 1. The van der Waals surface area contributed by atoms with Crippen LogP contribution in [0.4, 0.5) is 18.9 Å². The van der Waals surface area contributed by atoms with Crippen LogP contribution in [-0.4, -0.2) is 31.0 Å². The van der Waals surface area contributed by atoms with Crippen molar-refractivity contribution in [3.05, 3.63) is 34.9 Å². The van der Waals surface area contributed by atoms with E-state index in [0.29, 0.717) is 6.42 Å². The molecular formula is C15H16F3NO4. The molecule has 2 rings (SSSR count). The molecule has 0 radical (unpaired) electrons. The normalized spacial score (nSPS) is 15.7. The average Bonchev–Trinajstić information content (AvgIpc) is 2.98. The number of hydrogen-bond donors (Lipinski definition) is 2. The third-order valence-electron chi connectivity index (χ3n) is 3.20. The maximum atomic E-state index is 13.3. The molecule has 1 atom stereocenters. The highest BCUT2D eigenvalue weighted by atomic mass is 19.4. The molecular weight excluding hydrogens is 315 g/mol. The number of carbonyl (C=O) groups excluding carboxylic acids is 1. The van der Waals surface area contributed by atoms with E-state index in [4.69, 9.17) is 4.74 Å². The molecule has 5 nitrogen and oxygen atoms in total. The van der Waals surface area contributed by atoms with Crippen LogP contribution in [0, 0.1) is 0 Å². The van der Waals surface area contributed by atoms with E-state index in [1.165, 1.54) is 13.0 Å². The number of anilines is 1. The predicted octanol–water partition coefficient (Wildman–Crippen LogP) is 3.00. The molecule has 1 aromatic carbocycles. The molecule has 23 heavy (non-hydrogen) atoms. The molecule has 0 bridgehead atoms. The first kappa shape index (κ1) is 17.1. The Morgan fingerprint density at radius 3 is 2.61 bits per heavy atom. The van der Waals surface area contributed by atoms with Crippen LogP contribution in [0.5, 0.6) is 0 Å². The minimum Gasteiger partial charge on any atom is -0.493 e.